The van der Waals surface area contributed by atoms with Crippen molar-refractivity contribution >= 4 is 14.3 Å². The van der Waals surface area contributed by atoms with Crippen molar-refractivity contribution in [3.63, 3.8) is 0 Å². The van der Waals surface area contributed by atoms with Gasteiger partial charge >= 0.3 is 5.97 Å². The molecule has 17 heavy (non-hydrogen) atoms. The number of carbonyl (C=O) groups is 1. The molecule has 1 aromatic heterocycles. The molecule has 0 unspecified atom stereocenters. The van der Waals surface area contributed by atoms with Crippen LogP contribution in [0.25, 0.3) is 0 Å². The highest BCUT2D eigenvalue weighted by Crippen LogP contribution is 2.37. The molecule has 96 valence electrons. The molecular formula is C11H20N2O3Si. The van der Waals surface area contributed by atoms with E-state index in [2.05, 4.69) is 39.0 Å². The van der Waals surface area contributed by atoms with Crippen molar-refractivity contribution in [2.75, 3.05) is 0 Å². The van der Waals surface area contributed by atoms with Crippen LogP contribution in [0.2, 0.25) is 18.1 Å². The molecule has 6 heteroatoms. The predicted molar refractivity (Wildman–Crippen MR) is 67.7 cm³/mol. The maximum absolute atomic E-state index is 10.5. The molecule has 1 N–H and O–H groups in total. The van der Waals surface area contributed by atoms with Crippen molar-refractivity contribution in [1.82, 2.24) is 9.78 Å². The van der Waals surface area contributed by atoms with Gasteiger partial charge in [-0.2, -0.15) is 5.10 Å². The zero-order chi connectivity index (χ0) is 13.3. The van der Waals surface area contributed by atoms with Crippen molar-refractivity contribution in [1.29, 1.82) is 0 Å². The second kappa shape index (κ2) is 4.52. The lowest BCUT2D eigenvalue weighted by Crippen LogP contribution is -2.43. The zero-order valence-corrected chi connectivity index (χ0v) is 12.0. The lowest BCUT2D eigenvalue weighted by Gasteiger charge is -2.35. The van der Waals surface area contributed by atoms with Gasteiger partial charge in [-0.15, -0.1) is 0 Å². The first kappa shape index (κ1) is 13.8. The van der Waals surface area contributed by atoms with Crippen LogP contribution in [0.15, 0.2) is 12.4 Å². The molecule has 0 aliphatic heterocycles. The van der Waals surface area contributed by atoms with Crippen molar-refractivity contribution in [3.05, 3.63) is 12.4 Å². The normalized spacial score (nSPS) is 12.5. The largest absolute Gasteiger partial charge is 0.541 e. The maximum Gasteiger partial charge on any atom is 0.325 e. The number of aliphatic carboxylic acids is 1. The fourth-order valence-corrected chi connectivity index (χ4v) is 2.07. The van der Waals surface area contributed by atoms with Gasteiger partial charge in [0.2, 0.25) is 0 Å². The molecule has 0 saturated carbocycles. The quantitative estimate of drug-likeness (QED) is 0.840. The van der Waals surface area contributed by atoms with Gasteiger partial charge < -0.3 is 9.53 Å². The summed E-state index contributed by atoms with van der Waals surface area (Å²) >= 11 is 0. The number of hydrogen-bond acceptors (Lipinski definition) is 3. The van der Waals surface area contributed by atoms with E-state index in [4.69, 9.17) is 9.53 Å². The fraction of sp³-hybridized carbons (Fsp3) is 0.636. The molecule has 0 amide bonds. The zero-order valence-electron chi connectivity index (χ0n) is 11.0. The minimum absolute atomic E-state index is 0.113. The van der Waals surface area contributed by atoms with E-state index < -0.39 is 14.3 Å². The summed E-state index contributed by atoms with van der Waals surface area (Å²) in [6.45, 7) is 10.6. The van der Waals surface area contributed by atoms with Crippen LogP contribution in [0.5, 0.6) is 5.75 Å². The Labute approximate surface area is 103 Å². The van der Waals surface area contributed by atoms with Crippen LogP contribution in [0.3, 0.4) is 0 Å². The molecule has 1 rings (SSSR count). The summed E-state index contributed by atoms with van der Waals surface area (Å²) in [6, 6.07) is 0. The summed E-state index contributed by atoms with van der Waals surface area (Å²) in [5, 5.41) is 12.7. The Kier molecular flexibility index (Phi) is 3.66. The van der Waals surface area contributed by atoms with Crippen LogP contribution in [0, 0.1) is 0 Å². The van der Waals surface area contributed by atoms with Gasteiger partial charge in [-0.3, -0.25) is 9.48 Å². The molecular weight excluding hydrogens is 236 g/mol. The van der Waals surface area contributed by atoms with E-state index in [1.54, 1.807) is 12.4 Å². The smallest absolute Gasteiger partial charge is 0.325 e. The monoisotopic (exact) mass is 256 g/mol. The molecule has 1 heterocycles. The summed E-state index contributed by atoms with van der Waals surface area (Å²) in [5.74, 6) is -0.259. The van der Waals surface area contributed by atoms with Crippen LogP contribution < -0.4 is 4.43 Å². The highest BCUT2D eigenvalue weighted by atomic mass is 28.4. The summed E-state index contributed by atoms with van der Waals surface area (Å²) in [4.78, 5) is 10.5. The van der Waals surface area contributed by atoms with Crippen molar-refractivity contribution in [3.8, 4) is 5.75 Å². The highest BCUT2D eigenvalue weighted by Gasteiger charge is 2.39. The Morgan fingerprint density at radius 2 is 2.12 bits per heavy atom. The standard InChI is InChI=1S/C11H20N2O3Si/c1-11(2,3)17(4,5)16-9-6-12-13(7-9)8-10(14)15/h6-7H,8H2,1-5H3,(H,14,15). The molecule has 0 atom stereocenters. The topological polar surface area (TPSA) is 64.4 Å². The number of carboxylic acid groups (broad SMARTS) is 1. The van der Waals surface area contributed by atoms with Gasteiger partial charge in [-0.1, -0.05) is 20.8 Å². The van der Waals surface area contributed by atoms with Crippen LogP contribution in [0.1, 0.15) is 20.8 Å². The van der Waals surface area contributed by atoms with Gasteiger partial charge in [0.05, 0.1) is 12.4 Å². The van der Waals surface area contributed by atoms with Crippen LogP contribution in [-0.4, -0.2) is 29.2 Å². The number of carboxylic acids is 1. The van der Waals surface area contributed by atoms with E-state index >= 15 is 0 Å². The van der Waals surface area contributed by atoms with Crippen LogP contribution in [-0.2, 0) is 11.3 Å². The van der Waals surface area contributed by atoms with Gasteiger partial charge in [0.15, 0.2) is 0 Å². The summed E-state index contributed by atoms with van der Waals surface area (Å²) < 4.78 is 7.36. The third-order valence-corrected chi connectivity index (χ3v) is 7.44. The molecule has 0 saturated heterocycles. The molecule has 0 aliphatic carbocycles. The van der Waals surface area contributed by atoms with Crippen LogP contribution >= 0.6 is 0 Å². The Bertz CT molecular complexity index is 407. The maximum atomic E-state index is 10.5. The van der Waals surface area contributed by atoms with Crippen LogP contribution in [0.4, 0.5) is 0 Å². The summed E-state index contributed by atoms with van der Waals surface area (Å²) in [6.07, 6.45) is 3.21. The van der Waals surface area contributed by atoms with Gasteiger partial charge in [0.1, 0.15) is 12.3 Å². The number of aromatic nitrogens is 2. The minimum atomic E-state index is -1.87. The molecule has 5 nitrogen and oxygen atoms in total. The average molecular weight is 256 g/mol. The first-order valence-corrected chi connectivity index (χ1v) is 8.46. The first-order chi connectivity index (χ1) is 7.62. The Hall–Kier alpha value is -1.30. The lowest BCUT2D eigenvalue weighted by atomic mass is 10.2. The van der Waals surface area contributed by atoms with E-state index in [-0.39, 0.29) is 11.6 Å². The van der Waals surface area contributed by atoms with E-state index in [0.717, 1.165) is 0 Å². The number of nitrogens with zero attached hydrogens (tertiary/aromatic N) is 2. The van der Waals surface area contributed by atoms with Gasteiger partial charge in [-0.25, -0.2) is 0 Å². The molecule has 0 radical (unpaired) electrons. The lowest BCUT2D eigenvalue weighted by molar-refractivity contribution is -0.137. The molecule has 0 spiro atoms. The minimum Gasteiger partial charge on any atom is -0.541 e. The van der Waals surface area contributed by atoms with E-state index in [9.17, 15) is 4.79 Å². The summed E-state index contributed by atoms with van der Waals surface area (Å²) in [7, 11) is -1.87. The third kappa shape index (κ3) is 3.59. The average Bonchev–Trinajstić information content (AvgIpc) is 2.48. The van der Waals surface area contributed by atoms with Crippen molar-refractivity contribution < 1.29 is 14.3 Å². The van der Waals surface area contributed by atoms with Gasteiger partial charge in [-0.05, 0) is 18.1 Å². The predicted octanol–water partition coefficient (Wildman–Crippen LogP) is 2.35. The number of hydrogen-bond donors (Lipinski definition) is 1. The Morgan fingerprint density at radius 1 is 1.53 bits per heavy atom. The van der Waals surface area contributed by atoms with Gasteiger partial charge in [0, 0.05) is 0 Å². The molecule has 1 aromatic rings. The Balaban J connectivity index is 2.76. The SMILES string of the molecule is CC(C)(C)[Si](C)(C)Oc1cnn(CC(=O)O)c1. The van der Waals surface area contributed by atoms with Crippen molar-refractivity contribution in [2.45, 2.75) is 45.4 Å². The van der Waals surface area contributed by atoms with Gasteiger partial charge in [0.25, 0.3) is 8.32 Å². The molecule has 0 bridgehead atoms. The second-order valence-electron chi connectivity index (χ2n) is 5.63. The molecule has 0 aromatic carbocycles. The molecule has 0 fully saturated rings. The van der Waals surface area contributed by atoms with E-state index in [1.807, 2.05) is 0 Å². The highest BCUT2D eigenvalue weighted by molar-refractivity contribution is 6.74. The number of rotatable bonds is 4. The summed E-state index contributed by atoms with van der Waals surface area (Å²) in [5.41, 5.74) is 0. The first-order valence-electron chi connectivity index (χ1n) is 5.55. The third-order valence-electron chi connectivity index (χ3n) is 3.09. The second-order valence-corrected chi connectivity index (χ2v) is 10.4. The Morgan fingerprint density at radius 3 is 2.59 bits per heavy atom. The van der Waals surface area contributed by atoms with E-state index in [0.29, 0.717) is 5.75 Å². The molecule has 0 aliphatic rings. The van der Waals surface area contributed by atoms with Crippen molar-refractivity contribution in [2.24, 2.45) is 0 Å². The fourth-order valence-electron chi connectivity index (χ4n) is 1.07. The van der Waals surface area contributed by atoms with E-state index in [1.165, 1.54) is 4.68 Å².